The molecule has 1 N–H and O–H groups in total. The lowest BCUT2D eigenvalue weighted by Crippen LogP contribution is -2.31. The smallest absolute Gasteiger partial charge is 0.246 e. The lowest BCUT2D eigenvalue weighted by atomic mass is 10.1. The average molecular weight is 319 g/mol. The van der Waals surface area contributed by atoms with Crippen LogP contribution in [-0.2, 0) is 6.42 Å². The monoisotopic (exact) mass is 319 g/mol. The molecule has 6 heteroatoms. The van der Waals surface area contributed by atoms with Crippen LogP contribution in [0.25, 0.3) is 0 Å². The number of benzene rings is 1. The molecule has 2 aromatic rings. The van der Waals surface area contributed by atoms with Crippen molar-refractivity contribution in [1.29, 1.82) is 0 Å². The lowest BCUT2D eigenvalue weighted by molar-refractivity contribution is 0.443. The molecule has 1 aromatic heterocycles. The summed E-state index contributed by atoms with van der Waals surface area (Å²) in [4.78, 5) is 24.6. The lowest BCUT2D eigenvalue weighted by Gasteiger charge is -2.11. The summed E-state index contributed by atoms with van der Waals surface area (Å²) in [6.45, 7) is 0. The Morgan fingerprint density at radius 1 is 1.18 bits per heavy atom. The number of hydrogen-bond acceptors (Lipinski definition) is 3. The van der Waals surface area contributed by atoms with Crippen molar-refractivity contribution in [3.8, 4) is 0 Å². The fourth-order valence-corrected chi connectivity index (χ4v) is 3.48. The van der Waals surface area contributed by atoms with E-state index >= 15 is 0 Å². The molecular weight excluding hydrogens is 298 g/mol. The Morgan fingerprint density at radius 2 is 1.86 bits per heavy atom. The highest BCUT2D eigenvalue weighted by Gasteiger charge is 2.23. The Hall–Kier alpha value is -1.69. The van der Waals surface area contributed by atoms with E-state index in [1.807, 2.05) is 30.3 Å². The minimum atomic E-state index is -0.404. The van der Waals surface area contributed by atoms with Crippen molar-refractivity contribution in [2.24, 2.45) is 0 Å². The van der Waals surface area contributed by atoms with Gasteiger partial charge in [0.2, 0.25) is 0 Å². The average Bonchev–Trinajstić information content (AvgIpc) is 3.14. The molecule has 5 nitrogen and oxygen atoms in total. The Kier molecular flexibility index (Phi) is 4.57. The first kappa shape index (κ1) is 15.2. The summed E-state index contributed by atoms with van der Waals surface area (Å²) in [5.41, 5.74) is 0.566. The van der Waals surface area contributed by atoms with Gasteiger partial charge in [0.15, 0.2) is 0 Å². The molecule has 3 rings (SSSR count). The summed E-state index contributed by atoms with van der Waals surface area (Å²) in [5, 5.41) is 2.29. The SMILES string of the molecule is O=c1[nH]n(C2CCCC2)c(=O)n1C(S)CCc1ccccc1. The van der Waals surface area contributed by atoms with Gasteiger partial charge in [0.25, 0.3) is 0 Å². The summed E-state index contributed by atoms with van der Waals surface area (Å²) in [6, 6.07) is 10.2. The van der Waals surface area contributed by atoms with Crippen LogP contribution in [-0.4, -0.2) is 14.3 Å². The van der Waals surface area contributed by atoms with E-state index in [9.17, 15) is 9.59 Å². The molecule has 0 amide bonds. The quantitative estimate of drug-likeness (QED) is 0.832. The zero-order valence-electron chi connectivity index (χ0n) is 12.4. The number of thiol groups is 1. The van der Waals surface area contributed by atoms with Crippen LogP contribution < -0.4 is 11.4 Å². The number of nitrogens with zero attached hydrogens (tertiary/aromatic N) is 2. The van der Waals surface area contributed by atoms with Gasteiger partial charge in [-0.15, -0.1) is 0 Å². The van der Waals surface area contributed by atoms with Crippen molar-refractivity contribution in [2.45, 2.75) is 49.9 Å². The van der Waals surface area contributed by atoms with Gasteiger partial charge in [0.1, 0.15) is 0 Å². The Morgan fingerprint density at radius 3 is 2.55 bits per heavy atom. The highest BCUT2D eigenvalue weighted by Crippen LogP contribution is 2.27. The van der Waals surface area contributed by atoms with Gasteiger partial charge in [-0.3, -0.25) is 0 Å². The van der Waals surface area contributed by atoms with Crippen LogP contribution in [0.1, 0.15) is 49.1 Å². The van der Waals surface area contributed by atoms with Gasteiger partial charge in [-0.25, -0.2) is 23.9 Å². The van der Waals surface area contributed by atoms with E-state index < -0.39 is 5.37 Å². The number of aryl methyl sites for hydroxylation is 1. The maximum Gasteiger partial charge on any atom is 0.348 e. The zero-order chi connectivity index (χ0) is 15.5. The molecule has 0 saturated heterocycles. The largest absolute Gasteiger partial charge is 0.348 e. The minimum absolute atomic E-state index is 0.135. The normalized spacial score (nSPS) is 17.0. The molecule has 1 saturated carbocycles. The molecular formula is C16H21N3O2S. The van der Waals surface area contributed by atoms with Crippen molar-refractivity contribution < 1.29 is 0 Å². The molecule has 118 valence electrons. The van der Waals surface area contributed by atoms with Gasteiger partial charge in [-0.1, -0.05) is 43.2 Å². The van der Waals surface area contributed by atoms with Crippen LogP contribution in [0.5, 0.6) is 0 Å². The van der Waals surface area contributed by atoms with E-state index in [0.717, 1.165) is 32.1 Å². The molecule has 0 spiro atoms. The number of aromatic amines is 1. The van der Waals surface area contributed by atoms with Gasteiger partial charge >= 0.3 is 11.4 Å². The Bertz CT molecular complexity index is 726. The molecule has 1 aliphatic carbocycles. The molecule has 1 unspecified atom stereocenters. The second-order valence-corrected chi connectivity index (χ2v) is 6.48. The zero-order valence-corrected chi connectivity index (χ0v) is 13.3. The fraction of sp³-hybridized carbons (Fsp3) is 0.500. The molecule has 22 heavy (non-hydrogen) atoms. The maximum absolute atomic E-state index is 12.5. The third-order valence-electron chi connectivity index (χ3n) is 4.37. The van der Waals surface area contributed by atoms with E-state index in [4.69, 9.17) is 0 Å². The van der Waals surface area contributed by atoms with E-state index in [1.165, 1.54) is 14.8 Å². The number of hydrogen-bond donors (Lipinski definition) is 2. The van der Waals surface area contributed by atoms with Crippen LogP contribution >= 0.6 is 12.6 Å². The van der Waals surface area contributed by atoms with Crippen LogP contribution in [0.2, 0.25) is 0 Å². The van der Waals surface area contributed by atoms with Crippen LogP contribution in [0.3, 0.4) is 0 Å². The van der Waals surface area contributed by atoms with Crippen molar-refractivity contribution in [3.05, 3.63) is 56.9 Å². The predicted octanol–water partition coefficient (Wildman–Crippen LogP) is 2.51. The molecule has 1 aliphatic rings. The Balaban J connectivity index is 1.76. The first-order valence-electron chi connectivity index (χ1n) is 7.82. The minimum Gasteiger partial charge on any atom is -0.246 e. The van der Waals surface area contributed by atoms with Gasteiger partial charge in [0.05, 0.1) is 11.4 Å². The van der Waals surface area contributed by atoms with Crippen molar-refractivity contribution in [3.63, 3.8) is 0 Å². The van der Waals surface area contributed by atoms with Crippen LogP contribution in [0.15, 0.2) is 39.9 Å². The maximum atomic E-state index is 12.5. The van der Waals surface area contributed by atoms with E-state index in [2.05, 4.69) is 17.7 Å². The molecule has 0 radical (unpaired) electrons. The van der Waals surface area contributed by atoms with Gasteiger partial charge in [-0.2, -0.15) is 12.6 Å². The third-order valence-corrected chi connectivity index (χ3v) is 4.86. The van der Waals surface area contributed by atoms with Crippen molar-refractivity contribution >= 4 is 12.6 Å². The van der Waals surface area contributed by atoms with Crippen molar-refractivity contribution in [1.82, 2.24) is 14.3 Å². The molecule has 1 aromatic carbocycles. The highest BCUT2D eigenvalue weighted by molar-refractivity contribution is 7.80. The van der Waals surface area contributed by atoms with Crippen molar-refractivity contribution in [2.75, 3.05) is 0 Å². The second kappa shape index (κ2) is 6.60. The number of nitrogens with one attached hydrogen (secondary N) is 1. The summed E-state index contributed by atoms with van der Waals surface area (Å²) in [5.74, 6) is 0. The van der Waals surface area contributed by atoms with E-state index in [-0.39, 0.29) is 17.4 Å². The van der Waals surface area contributed by atoms with Crippen LogP contribution in [0, 0.1) is 0 Å². The van der Waals surface area contributed by atoms with Gasteiger partial charge in [0, 0.05) is 0 Å². The molecule has 0 bridgehead atoms. The summed E-state index contributed by atoms with van der Waals surface area (Å²) in [7, 11) is 0. The second-order valence-electron chi connectivity index (χ2n) is 5.88. The number of H-pyrrole nitrogens is 1. The number of aromatic nitrogens is 3. The first-order chi connectivity index (χ1) is 10.7. The third kappa shape index (κ3) is 3.06. The first-order valence-corrected chi connectivity index (χ1v) is 8.33. The topological polar surface area (TPSA) is 59.8 Å². The highest BCUT2D eigenvalue weighted by atomic mass is 32.1. The van der Waals surface area contributed by atoms with Gasteiger partial charge < -0.3 is 0 Å². The van der Waals surface area contributed by atoms with Gasteiger partial charge in [-0.05, 0) is 31.2 Å². The Labute approximate surface area is 134 Å². The summed E-state index contributed by atoms with van der Waals surface area (Å²) < 4.78 is 2.74. The van der Waals surface area contributed by atoms with E-state index in [0.29, 0.717) is 6.42 Å². The molecule has 1 atom stereocenters. The molecule has 1 heterocycles. The summed E-state index contributed by atoms with van der Waals surface area (Å²) in [6.07, 6.45) is 5.58. The molecule has 0 aliphatic heterocycles. The molecule has 1 fully saturated rings. The van der Waals surface area contributed by atoms with E-state index in [1.54, 1.807) is 0 Å². The standard InChI is InChI=1S/C16H21N3O2S/c20-15-17-19(13-8-4-5-9-13)16(21)18(15)14(22)11-10-12-6-2-1-3-7-12/h1-3,6-7,13-14,22H,4-5,8-11H2,(H,17,20). The number of rotatable bonds is 5. The predicted molar refractivity (Wildman–Crippen MR) is 89.6 cm³/mol. The summed E-state index contributed by atoms with van der Waals surface area (Å²) >= 11 is 4.47. The fourth-order valence-electron chi connectivity index (χ4n) is 3.15. The van der Waals surface area contributed by atoms with Crippen LogP contribution in [0.4, 0.5) is 0 Å².